The van der Waals surface area contributed by atoms with Crippen LogP contribution in [0.15, 0.2) is 49.1 Å². The normalized spacial score (nSPS) is 10.8. The predicted octanol–water partition coefficient (Wildman–Crippen LogP) is 3.64. The molecule has 0 radical (unpaired) electrons. The first-order valence-corrected chi connectivity index (χ1v) is 3.80. The van der Waals surface area contributed by atoms with Gasteiger partial charge in [0.15, 0.2) is 0 Å². The van der Waals surface area contributed by atoms with Gasteiger partial charge in [-0.15, -0.1) is 0 Å². The Bertz CT molecular complexity index is 182. The summed E-state index contributed by atoms with van der Waals surface area (Å²) in [7, 11) is 0. The Hall–Kier alpha value is -1.04. The highest BCUT2D eigenvalue weighted by Crippen LogP contribution is 2.05. The zero-order valence-corrected chi connectivity index (χ0v) is 7.27. The lowest BCUT2D eigenvalue weighted by Crippen LogP contribution is -1.75. The standard InChI is InChI=1S/C11H16/c1-5-10(3)8-7-9-11(4)6-2/h5-6,9H,1-3,7-8H2,4H3/b11-9+. The molecule has 0 spiro atoms. The van der Waals surface area contributed by atoms with E-state index in [4.69, 9.17) is 0 Å². The molecule has 0 fully saturated rings. The molecule has 0 bridgehead atoms. The van der Waals surface area contributed by atoms with Crippen LogP contribution in [-0.2, 0) is 0 Å². The number of allylic oxidation sites excluding steroid dienone is 5. The van der Waals surface area contributed by atoms with Crippen molar-refractivity contribution >= 4 is 0 Å². The van der Waals surface area contributed by atoms with E-state index in [0.29, 0.717) is 0 Å². The summed E-state index contributed by atoms with van der Waals surface area (Å²) in [5.74, 6) is 0. The van der Waals surface area contributed by atoms with Crippen LogP contribution < -0.4 is 0 Å². The topological polar surface area (TPSA) is 0 Å². The van der Waals surface area contributed by atoms with Gasteiger partial charge in [0.05, 0.1) is 0 Å². The summed E-state index contributed by atoms with van der Waals surface area (Å²) in [4.78, 5) is 0. The van der Waals surface area contributed by atoms with Gasteiger partial charge in [-0.05, 0) is 19.8 Å². The SMILES string of the molecule is C=CC(=C)CC/C=C(\C)C=C. The van der Waals surface area contributed by atoms with Gasteiger partial charge in [0.25, 0.3) is 0 Å². The molecule has 0 aliphatic carbocycles. The second-order valence-corrected chi connectivity index (χ2v) is 2.55. The van der Waals surface area contributed by atoms with Crippen LogP contribution in [-0.4, -0.2) is 0 Å². The van der Waals surface area contributed by atoms with Gasteiger partial charge in [-0.1, -0.05) is 49.1 Å². The highest BCUT2D eigenvalue weighted by atomic mass is 13.9. The molecule has 0 heterocycles. The van der Waals surface area contributed by atoms with Crippen LogP contribution in [0.1, 0.15) is 19.8 Å². The van der Waals surface area contributed by atoms with E-state index in [2.05, 4.69) is 25.8 Å². The largest absolute Gasteiger partial charge is 0.0988 e. The lowest BCUT2D eigenvalue weighted by Gasteiger charge is -1.95. The van der Waals surface area contributed by atoms with Crippen LogP contribution in [0.2, 0.25) is 0 Å². The van der Waals surface area contributed by atoms with Gasteiger partial charge in [-0.2, -0.15) is 0 Å². The van der Waals surface area contributed by atoms with Crippen LogP contribution in [0, 0.1) is 0 Å². The van der Waals surface area contributed by atoms with Gasteiger partial charge in [0, 0.05) is 0 Å². The van der Waals surface area contributed by atoms with Crippen molar-refractivity contribution < 1.29 is 0 Å². The molecular weight excluding hydrogens is 132 g/mol. The fourth-order valence-electron chi connectivity index (χ4n) is 0.671. The van der Waals surface area contributed by atoms with E-state index in [1.165, 1.54) is 5.57 Å². The Morgan fingerprint density at radius 2 is 1.91 bits per heavy atom. The van der Waals surface area contributed by atoms with E-state index < -0.39 is 0 Å². The summed E-state index contributed by atoms with van der Waals surface area (Å²) in [6.07, 6.45) is 7.84. The van der Waals surface area contributed by atoms with Crippen molar-refractivity contribution in [2.24, 2.45) is 0 Å². The summed E-state index contributed by atoms with van der Waals surface area (Å²) in [5.41, 5.74) is 2.32. The highest BCUT2D eigenvalue weighted by molar-refractivity contribution is 5.15. The maximum Gasteiger partial charge on any atom is -0.0250 e. The second-order valence-electron chi connectivity index (χ2n) is 2.55. The molecule has 0 unspecified atom stereocenters. The lowest BCUT2D eigenvalue weighted by molar-refractivity contribution is 1.00. The minimum absolute atomic E-state index is 0.995. The van der Waals surface area contributed by atoms with Crippen molar-refractivity contribution in [2.45, 2.75) is 19.8 Å². The molecule has 0 aliphatic rings. The van der Waals surface area contributed by atoms with Crippen molar-refractivity contribution in [3.63, 3.8) is 0 Å². The molecule has 0 N–H and O–H groups in total. The smallest absolute Gasteiger partial charge is 0.0250 e. The first-order chi connectivity index (χ1) is 5.20. The monoisotopic (exact) mass is 148 g/mol. The minimum atomic E-state index is 0.995. The zero-order valence-electron chi connectivity index (χ0n) is 7.27. The van der Waals surface area contributed by atoms with Crippen molar-refractivity contribution in [3.8, 4) is 0 Å². The Kier molecular flexibility index (Phi) is 5.18. The summed E-state index contributed by atoms with van der Waals surface area (Å²) >= 11 is 0. The van der Waals surface area contributed by atoms with Crippen LogP contribution in [0.5, 0.6) is 0 Å². The molecule has 0 rings (SSSR count). The molecule has 0 atom stereocenters. The molecule has 0 saturated heterocycles. The van der Waals surface area contributed by atoms with Crippen molar-refractivity contribution in [1.82, 2.24) is 0 Å². The van der Waals surface area contributed by atoms with Gasteiger partial charge < -0.3 is 0 Å². The third-order valence-electron chi connectivity index (χ3n) is 1.54. The maximum atomic E-state index is 3.82. The summed E-state index contributed by atoms with van der Waals surface area (Å²) in [6.45, 7) is 13.2. The van der Waals surface area contributed by atoms with E-state index >= 15 is 0 Å². The molecule has 0 heteroatoms. The molecule has 0 saturated carbocycles. The van der Waals surface area contributed by atoms with Crippen LogP contribution in [0.25, 0.3) is 0 Å². The molecule has 0 nitrogen and oxygen atoms in total. The Morgan fingerprint density at radius 3 is 2.36 bits per heavy atom. The fraction of sp³-hybridized carbons (Fsp3) is 0.273. The first kappa shape index (κ1) is 9.96. The molecular formula is C11H16. The van der Waals surface area contributed by atoms with E-state index in [1.807, 2.05) is 13.0 Å². The summed E-state index contributed by atoms with van der Waals surface area (Å²) in [5, 5.41) is 0. The molecule has 0 amide bonds. The Balaban J connectivity index is 3.64. The minimum Gasteiger partial charge on any atom is -0.0988 e. The van der Waals surface area contributed by atoms with Gasteiger partial charge >= 0.3 is 0 Å². The third kappa shape index (κ3) is 5.41. The molecule has 0 aromatic carbocycles. The molecule has 11 heavy (non-hydrogen) atoms. The van der Waals surface area contributed by atoms with Gasteiger partial charge in [0.2, 0.25) is 0 Å². The van der Waals surface area contributed by atoms with Crippen LogP contribution in [0.4, 0.5) is 0 Å². The van der Waals surface area contributed by atoms with Crippen LogP contribution in [0.3, 0.4) is 0 Å². The van der Waals surface area contributed by atoms with Gasteiger partial charge in [-0.3, -0.25) is 0 Å². The molecule has 0 aromatic heterocycles. The van der Waals surface area contributed by atoms with Gasteiger partial charge in [0.1, 0.15) is 0 Å². The number of hydrogen-bond acceptors (Lipinski definition) is 0. The van der Waals surface area contributed by atoms with Crippen molar-refractivity contribution in [1.29, 1.82) is 0 Å². The van der Waals surface area contributed by atoms with Gasteiger partial charge in [-0.25, -0.2) is 0 Å². The quantitative estimate of drug-likeness (QED) is 0.522. The average molecular weight is 148 g/mol. The number of hydrogen-bond donors (Lipinski definition) is 0. The highest BCUT2D eigenvalue weighted by Gasteiger charge is 1.85. The Labute approximate surface area is 69.6 Å². The van der Waals surface area contributed by atoms with E-state index in [0.717, 1.165) is 18.4 Å². The first-order valence-electron chi connectivity index (χ1n) is 3.80. The Morgan fingerprint density at radius 1 is 1.27 bits per heavy atom. The van der Waals surface area contributed by atoms with E-state index in [9.17, 15) is 0 Å². The molecule has 60 valence electrons. The van der Waals surface area contributed by atoms with Crippen molar-refractivity contribution in [2.75, 3.05) is 0 Å². The summed E-state index contributed by atoms with van der Waals surface area (Å²) < 4.78 is 0. The second kappa shape index (κ2) is 5.72. The molecule has 0 aliphatic heterocycles. The average Bonchev–Trinajstić information content (AvgIpc) is 2.04. The summed E-state index contributed by atoms with van der Waals surface area (Å²) in [6, 6.07) is 0. The fourth-order valence-corrected chi connectivity index (χ4v) is 0.671. The van der Waals surface area contributed by atoms with E-state index in [1.54, 1.807) is 6.08 Å². The third-order valence-corrected chi connectivity index (χ3v) is 1.54. The van der Waals surface area contributed by atoms with Crippen LogP contribution >= 0.6 is 0 Å². The zero-order chi connectivity index (χ0) is 8.69. The lowest BCUT2D eigenvalue weighted by atomic mass is 10.1. The molecule has 0 aromatic rings. The predicted molar refractivity (Wildman–Crippen MR) is 52.5 cm³/mol. The van der Waals surface area contributed by atoms with Crippen molar-refractivity contribution in [3.05, 3.63) is 49.1 Å². The van der Waals surface area contributed by atoms with E-state index in [-0.39, 0.29) is 0 Å². The number of rotatable bonds is 5. The maximum absolute atomic E-state index is 3.82.